The lowest BCUT2D eigenvalue weighted by Crippen LogP contribution is -2.26. The minimum atomic E-state index is -0.395. The van der Waals surface area contributed by atoms with Gasteiger partial charge in [0.1, 0.15) is 11.6 Å². The number of hydrogen-bond acceptors (Lipinski definition) is 5. The van der Waals surface area contributed by atoms with Gasteiger partial charge in [0.15, 0.2) is 0 Å². The van der Waals surface area contributed by atoms with Crippen molar-refractivity contribution < 1.29 is 9.53 Å². The molecule has 1 heterocycles. The first-order valence-corrected chi connectivity index (χ1v) is 7.82. The molecule has 0 radical (unpaired) electrons. The summed E-state index contributed by atoms with van der Waals surface area (Å²) in [7, 11) is 0. The van der Waals surface area contributed by atoms with E-state index in [0.29, 0.717) is 13.2 Å². The van der Waals surface area contributed by atoms with Gasteiger partial charge in [-0.2, -0.15) is 5.26 Å². The number of aromatic nitrogens is 1. The SMILES string of the molecule is CCCCOCCCNC(=O)/C(C#N)=C\Nc1ccc(C)nc1. The summed E-state index contributed by atoms with van der Waals surface area (Å²) in [5.41, 5.74) is 1.65. The summed E-state index contributed by atoms with van der Waals surface area (Å²) >= 11 is 0. The zero-order chi connectivity index (χ0) is 16.9. The van der Waals surface area contributed by atoms with Gasteiger partial charge < -0.3 is 15.4 Å². The lowest BCUT2D eigenvalue weighted by atomic mass is 10.3. The standard InChI is InChI=1S/C17H24N4O2/c1-3-4-9-23-10-5-8-19-17(22)15(11-18)12-21-16-7-6-14(2)20-13-16/h6-7,12-13,21H,3-5,8-10H2,1-2H3,(H,19,22)/b15-12-. The quantitative estimate of drug-likeness (QED) is 0.393. The van der Waals surface area contributed by atoms with E-state index < -0.39 is 5.91 Å². The fourth-order valence-electron chi connectivity index (χ4n) is 1.68. The van der Waals surface area contributed by atoms with Crippen molar-refractivity contribution in [2.24, 2.45) is 0 Å². The molecule has 1 rings (SSSR count). The number of rotatable bonds is 10. The average Bonchev–Trinajstić information content (AvgIpc) is 2.56. The van der Waals surface area contributed by atoms with Crippen LogP contribution in [0.1, 0.15) is 31.9 Å². The highest BCUT2D eigenvalue weighted by Crippen LogP contribution is 2.06. The summed E-state index contributed by atoms with van der Waals surface area (Å²) in [4.78, 5) is 16.0. The second-order valence-corrected chi connectivity index (χ2v) is 5.08. The fraction of sp³-hybridized carbons (Fsp3) is 0.471. The first-order valence-electron chi connectivity index (χ1n) is 7.82. The van der Waals surface area contributed by atoms with E-state index in [9.17, 15) is 4.79 Å². The van der Waals surface area contributed by atoms with Crippen LogP contribution in [0.25, 0.3) is 0 Å². The summed E-state index contributed by atoms with van der Waals surface area (Å²) < 4.78 is 5.41. The van der Waals surface area contributed by atoms with E-state index in [1.807, 2.05) is 25.1 Å². The topological polar surface area (TPSA) is 87.0 Å². The van der Waals surface area contributed by atoms with Crippen LogP contribution in [0.3, 0.4) is 0 Å². The number of anilines is 1. The highest BCUT2D eigenvalue weighted by molar-refractivity contribution is 5.97. The third kappa shape index (κ3) is 7.98. The first kappa shape index (κ1) is 18.7. The van der Waals surface area contributed by atoms with Crippen molar-refractivity contribution in [2.75, 3.05) is 25.1 Å². The largest absolute Gasteiger partial charge is 0.381 e. The monoisotopic (exact) mass is 316 g/mol. The Labute approximate surface area is 137 Å². The number of carbonyl (C=O) groups is 1. The Bertz CT molecular complexity index is 547. The predicted octanol–water partition coefficient (Wildman–Crippen LogP) is 2.53. The molecule has 1 aromatic heterocycles. The third-order valence-electron chi connectivity index (χ3n) is 3.05. The number of nitrogens with zero attached hydrogens (tertiary/aromatic N) is 2. The number of hydrogen-bond donors (Lipinski definition) is 2. The molecule has 0 fully saturated rings. The van der Waals surface area contributed by atoms with Gasteiger partial charge in [-0.1, -0.05) is 13.3 Å². The van der Waals surface area contributed by atoms with Gasteiger partial charge in [0.25, 0.3) is 5.91 Å². The highest BCUT2D eigenvalue weighted by Gasteiger charge is 2.07. The molecule has 0 aliphatic carbocycles. The second kappa shape index (κ2) is 11.2. The van der Waals surface area contributed by atoms with Gasteiger partial charge in [-0.15, -0.1) is 0 Å². The number of nitriles is 1. The van der Waals surface area contributed by atoms with Gasteiger partial charge >= 0.3 is 0 Å². The number of amides is 1. The van der Waals surface area contributed by atoms with Gasteiger partial charge in [-0.05, 0) is 31.9 Å². The van der Waals surface area contributed by atoms with Crippen molar-refractivity contribution in [1.29, 1.82) is 5.26 Å². The molecule has 6 nitrogen and oxygen atoms in total. The average molecular weight is 316 g/mol. The molecule has 0 spiro atoms. The van der Waals surface area contributed by atoms with Gasteiger partial charge in [-0.3, -0.25) is 9.78 Å². The summed E-state index contributed by atoms with van der Waals surface area (Å²) in [5, 5.41) is 14.7. The highest BCUT2D eigenvalue weighted by atomic mass is 16.5. The van der Waals surface area contributed by atoms with E-state index in [-0.39, 0.29) is 5.57 Å². The molecule has 1 amide bonds. The zero-order valence-electron chi connectivity index (χ0n) is 13.8. The van der Waals surface area contributed by atoms with Crippen molar-refractivity contribution in [3.8, 4) is 6.07 Å². The molecule has 0 aliphatic rings. The van der Waals surface area contributed by atoms with Crippen molar-refractivity contribution in [1.82, 2.24) is 10.3 Å². The molecule has 6 heteroatoms. The van der Waals surface area contributed by atoms with E-state index >= 15 is 0 Å². The molecule has 23 heavy (non-hydrogen) atoms. The van der Waals surface area contributed by atoms with Gasteiger partial charge in [0.2, 0.25) is 0 Å². The molecular weight excluding hydrogens is 292 g/mol. The summed E-state index contributed by atoms with van der Waals surface area (Å²) in [6.45, 7) is 5.84. The summed E-state index contributed by atoms with van der Waals surface area (Å²) in [5.74, 6) is -0.395. The minimum Gasteiger partial charge on any atom is -0.381 e. The van der Waals surface area contributed by atoms with Crippen LogP contribution < -0.4 is 10.6 Å². The van der Waals surface area contributed by atoms with Crippen LogP contribution in [-0.4, -0.2) is 30.6 Å². The molecule has 0 aliphatic heterocycles. The van der Waals surface area contributed by atoms with Crippen LogP contribution >= 0.6 is 0 Å². The molecule has 0 saturated carbocycles. The van der Waals surface area contributed by atoms with Crippen molar-refractivity contribution in [2.45, 2.75) is 33.1 Å². The summed E-state index contributed by atoms with van der Waals surface area (Å²) in [6.07, 6.45) is 5.92. The van der Waals surface area contributed by atoms with Gasteiger partial charge in [0, 0.05) is 31.7 Å². The lowest BCUT2D eigenvalue weighted by Gasteiger charge is -2.06. The van der Waals surface area contributed by atoms with Crippen molar-refractivity contribution >= 4 is 11.6 Å². The van der Waals surface area contributed by atoms with E-state index in [0.717, 1.165) is 37.3 Å². The number of unbranched alkanes of at least 4 members (excludes halogenated alkanes) is 1. The number of ether oxygens (including phenoxy) is 1. The van der Waals surface area contributed by atoms with Crippen LogP contribution in [0.15, 0.2) is 30.1 Å². The third-order valence-corrected chi connectivity index (χ3v) is 3.05. The molecule has 2 N–H and O–H groups in total. The molecular formula is C17H24N4O2. The smallest absolute Gasteiger partial charge is 0.263 e. The van der Waals surface area contributed by atoms with Crippen LogP contribution in [-0.2, 0) is 9.53 Å². The Morgan fingerprint density at radius 3 is 2.83 bits per heavy atom. The van der Waals surface area contributed by atoms with Crippen LogP contribution in [0.2, 0.25) is 0 Å². The Morgan fingerprint density at radius 2 is 2.17 bits per heavy atom. The number of nitrogens with one attached hydrogen (secondary N) is 2. The van der Waals surface area contributed by atoms with E-state index in [1.54, 1.807) is 6.20 Å². The maximum absolute atomic E-state index is 11.9. The van der Waals surface area contributed by atoms with Crippen molar-refractivity contribution in [3.63, 3.8) is 0 Å². The Balaban J connectivity index is 2.32. The van der Waals surface area contributed by atoms with E-state index in [4.69, 9.17) is 10.00 Å². The number of pyridine rings is 1. The Hall–Kier alpha value is -2.39. The number of aryl methyl sites for hydroxylation is 1. The minimum absolute atomic E-state index is 0.0254. The first-order chi connectivity index (χ1) is 11.2. The van der Waals surface area contributed by atoms with E-state index in [2.05, 4.69) is 22.5 Å². The molecule has 0 atom stereocenters. The normalized spacial score (nSPS) is 10.9. The fourth-order valence-corrected chi connectivity index (χ4v) is 1.68. The van der Waals surface area contributed by atoms with Crippen LogP contribution in [0, 0.1) is 18.3 Å². The molecule has 1 aromatic rings. The molecule has 124 valence electrons. The Morgan fingerprint density at radius 1 is 1.39 bits per heavy atom. The lowest BCUT2D eigenvalue weighted by molar-refractivity contribution is -0.117. The molecule has 0 aromatic carbocycles. The Kier molecular flexibility index (Phi) is 9.10. The molecule has 0 unspecified atom stereocenters. The van der Waals surface area contributed by atoms with Gasteiger partial charge in [-0.25, -0.2) is 0 Å². The maximum atomic E-state index is 11.9. The maximum Gasteiger partial charge on any atom is 0.263 e. The van der Waals surface area contributed by atoms with Crippen LogP contribution in [0.5, 0.6) is 0 Å². The van der Waals surface area contributed by atoms with Crippen LogP contribution in [0.4, 0.5) is 5.69 Å². The van der Waals surface area contributed by atoms with Gasteiger partial charge in [0.05, 0.1) is 11.9 Å². The predicted molar refractivity (Wildman–Crippen MR) is 89.6 cm³/mol. The second-order valence-electron chi connectivity index (χ2n) is 5.08. The molecule has 0 saturated heterocycles. The summed E-state index contributed by atoms with van der Waals surface area (Å²) in [6, 6.07) is 5.57. The van der Waals surface area contributed by atoms with Crippen molar-refractivity contribution in [3.05, 3.63) is 35.8 Å². The number of carbonyl (C=O) groups excluding carboxylic acids is 1. The molecule has 0 bridgehead atoms. The van der Waals surface area contributed by atoms with E-state index in [1.165, 1.54) is 6.20 Å². The zero-order valence-corrected chi connectivity index (χ0v) is 13.8.